The second-order valence-electron chi connectivity index (χ2n) is 6.54. The van der Waals surface area contributed by atoms with Gasteiger partial charge >= 0.3 is 6.36 Å². The van der Waals surface area contributed by atoms with Gasteiger partial charge in [-0.25, -0.2) is 0 Å². The zero-order valence-electron chi connectivity index (χ0n) is 15.6. The maximum absolute atomic E-state index is 12.5. The van der Waals surface area contributed by atoms with Crippen molar-refractivity contribution < 1.29 is 27.5 Å². The van der Waals surface area contributed by atoms with Crippen molar-refractivity contribution in [3.63, 3.8) is 0 Å². The second-order valence-corrected chi connectivity index (χ2v) is 7.49. The number of hydrogen-bond acceptors (Lipinski definition) is 5. The monoisotopic (exact) mass is 427 g/mol. The van der Waals surface area contributed by atoms with Gasteiger partial charge in [0.1, 0.15) is 5.75 Å². The summed E-state index contributed by atoms with van der Waals surface area (Å²) in [6, 6.07) is 8.17. The van der Waals surface area contributed by atoms with E-state index in [4.69, 9.17) is 0 Å². The second kappa shape index (κ2) is 8.83. The Balaban J connectivity index is 1.50. The molecule has 0 bridgehead atoms. The van der Waals surface area contributed by atoms with E-state index < -0.39 is 12.4 Å². The molecule has 2 heterocycles. The van der Waals surface area contributed by atoms with E-state index in [9.17, 15) is 22.8 Å². The number of piperazine rings is 1. The number of anilines is 1. The summed E-state index contributed by atoms with van der Waals surface area (Å²) < 4.78 is 40.4. The minimum Gasteiger partial charge on any atom is -0.406 e. The summed E-state index contributed by atoms with van der Waals surface area (Å²) in [6.07, 6.45) is -4.76. The Hall–Kier alpha value is -2.59. The van der Waals surface area contributed by atoms with Crippen LogP contribution >= 0.6 is 11.3 Å². The molecule has 0 radical (unpaired) electrons. The van der Waals surface area contributed by atoms with Gasteiger partial charge in [-0.05, 0) is 42.6 Å². The SMILES string of the molecule is CC(C(=O)Nc1ccc(OC(F)(F)F)cc1)N1CCN(C(=O)c2cccs2)CC1. The number of carbonyl (C=O) groups is 2. The van der Waals surface area contributed by atoms with Crippen molar-refractivity contribution >= 4 is 28.8 Å². The summed E-state index contributed by atoms with van der Waals surface area (Å²) in [5.74, 6) is -0.625. The Morgan fingerprint density at radius 3 is 2.31 bits per heavy atom. The number of ether oxygens (including phenoxy) is 1. The van der Waals surface area contributed by atoms with Gasteiger partial charge in [0.2, 0.25) is 5.91 Å². The molecule has 1 fully saturated rings. The fourth-order valence-electron chi connectivity index (χ4n) is 3.02. The zero-order chi connectivity index (χ0) is 21.0. The van der Waals surface area contributed by atoms with Gasteiger partial charge < -0.3 is 15.0 Å². The van der Waals surface area contributed by atoms with Crippen LogP contribution in [-0.4, -0.2) is 60.2 Å². The molecule has 2 amide bonds. The molecule has 29 heavy (non-hydrogen) atoms. The van der Waals surface area contributed by atoms with Crippen LogP contribution in [0.1, 0.15) is 16.6 Å². The van der Waals surface area contributed by atoms with Gasteiger partial charge in [-0.15, -0.1) is 24.5 Å². The lowest BCUT2D eigenvalue weighted by molar-refractivity contribution is -0.274. The zero-order valence-corrected chi connectivity index (χ0v) is 16.4. The Morgan fingerprint density at radius 2 is 1.76 bits per heavy atom. The largest absolute Gasteiger partial charge is 0.573 e. The van der Waals surface area contributed by atoms with E-state index in [-0.39, 0.29) is 17.6 Å². The lowest BCUT2D eigenvalue weighted by Crippen LogP contribution is -2.53. The highest BCUT2D eigenvalue weighted by atomic mass is 32.1. The molecule has 1 saturated heterocycles. The highest BCUT2D eigenvalue weighted by Gasteiger charge is 2.31. The number of halogens is 3. The number of nitrogens with one attached hydrogen (secondary N) is 1. The Kier molecular flexibility index (Phi) is 6.43. The highest BCUT2D eigenvalue weighted by Crippen LogP contribution is 2.24. The van der Waals surface area contributed by atoms with Gasteiger partial charge in [0.05, 0.1) is 10.9 Å². The van der Waals surface area contributed by atoms with Crippen molar-refractivity contribution in [2.24, 2.45) is 0 Å². The molecule has 10 heteroatoms. The number of amides is 2. The van der Waals surface area contributed by atoms with Gasteiger partial charge in [0, 0.05) is 31.9 Å². The molecule has 0 spiro atoms. The van der Waals surface area contributed by atoms with Crippen LogP contribution in [0.5, 0.6) is 5.75 Å². The molecule has 0 aliphatic carbocycles. The number of hydrogen-bond donors (Lipinski definition) is 1. The van der Waals surface area contributed by atoms with Crippen molar-refractivity contribution in [1.82, 2.24) is 9.80 Å². The van der Waals surface area contributed by atoms with Gasteiger partial charge in [-0.3, -0.25) is 14.5 Å². The van der Waals surface area contributed by atoms with Gasteiger partial charge in [0.15, 0.2) is 0 Å². The molecular formula is C19H20F3N3O3S. The van der Waals surface area contributed by atoms with Crippen LogP contribution in [0.3, 0.4) is 0 Å². The van der Waals surface area contributed by atoms with Crippen molar-refractivity contribution in [2.45, 2.75) is 19.3 Å². The van der Waals surface area contributed by atoms with E-state index in [1.165, 1.54) is 23.5 Å². The van der Waals surface area contributed by atoms with E-state index in [2.05, 4.69) is 10.1 Å². The highest BCUT2D eigenvalue weighted by molar-refractivity contribution is 7.12. The summed E-state index contributed by atoms with van der Waals surface area (Å²) in [6.45, 7) is 3.93. The first-order valence-corrected chi connectivity index (χ1v) is 9.84. The van der Waals surface area contributed by atoms with Crippen LogP contribution in [-0.2, 0) is 4.79 Å². The van der Waals surface area contributed by atoms with E-state index >= 15 is 0 Å². The standard InChI is InChI=1S/C19H20F3N3O3S/c1-13(17(26)23-14-4-6-15(7-5-14)28-19(20,21)22)24-8-10-25(11-9-24)18(27)16-3-2-12-29-16/h2-7,12-13H,8-11H2,1H3,(H,23,26). The number of nitrogens with zero attached hydrogens (tertiary/aromatic N) is 2. The minimum absolute atomic E-state index is 0.00193. The van der Waals surface area contributed by atoms with Crippen molar-refractivity contribution in [2.75, 3.05) is 31.5 Å². The molecule has 1 unspecified atom stereocenters. The Labute approximate surface area is 169 Å². The lowest BCUT2D eigenvalue weighted by atomic mass is 10.2. The van der Waals surface area contributed by atoms with Gasteiger partial charge in [-0.1, -0.05) is 6.07 Å². The third kappa shape index (κ3) is 5.70. The third-order valence-electron chi connectivity index (χ3n) is 4.62. The lowest BCUT2D eigenvalue weighted by Gasteiger charge is -2.37. The molecule has 156 valence electrons. The summed E-state index contributed by atoms with van der Waals surface area (Å²) in [5, 5.41) is 4.55. The van der Waals surface area contributed by atoms with Gasteiger partial charge in [-0.2, -0.15) is 0 Å². The summed E-state index contributed by atoms with van der Waals surface area (Å²) >= 11 is 1.40. The fourth-order valence-corrected chi connectivity index (χ4v) is 3.71. The van der Waals surface area contributed by atoms with E-state index in [0.29, 0.717) is 36.7 Å². The number of alkyl halides is 3. The topological polar surface area (TPSA) is 61.9 Å². The molecule has 6 nitrogen and oxygen atoms in total. The third-order valence-corrected chi connectivity index (χ3v) is 5.47. The van der Waals surface area contributed by atoms with Crippen LogP contribution < -0.4 is 10.1 Å². The Morgan fingerprint density at radius 1 is 1.10 bits per heavy atom. The van der Waals surface area contributed by atoms with Crippen LogP contribution in [0.4, 0.5) is 18.9 Å². The maximum atomic E-state index is 12.5. The molecule has 1 atom stereocenters. The van der Waals surface area contributed by atoms with Crippen LogP contribution in [0.2, 0.25) is 0 Å². The van der Waals surface area contributed by atoms with Crippen LogP contribution in [0.15, 0.2) is 41.8 Å². The van der Waals surface area contributed by atoms with Crippen molar-refractivity contribution in [1.29, 1.82) is 0 Å². The number of thiophene rings is 1. The molecule has 1 aliphatic heterocycles. The quantitative estimate of drug-likeness (QED) is 0.794. The van der Waals surface area contributed by atoms with E-state index in [1.54, 1.807) is 17.9 Å². The molecule has 3 rings (SSSR count). The van der Waals surface area contributed by atoms with E-state index in [0.717, 1.165) is 12.1 Å². The van der Waals surface area contributed by atoms with Crippen molar-refractivity contribution in [3.05, 3.63) is 46.7 Å². The van der Waals surface area contributed by atoms with Crippen LogP contribution in [0.25, 0.3) is 0 Å². The predicted molar refractivity (Wildman–Crippen MR) is 103 cm³/mol. The summed E-state index contributed by atoms with van der Waals surface area (Å²) in [4.78, 5) is 29.3. The molecular weight excluding hydrogens is 407 g/mol. The molecule has 0 saturated carbocycles. The maximum Gasteiger partial charge on any atom is 0.573 e. The summed E-state index contributed by atoms with van der Waals surface area (Å²) in [5.41, 5.74) is 0.378. The first-order valence-electron chi connectivity index (χ1n) is 8.96. The van der Waals surface area contributed by atoms with Crippen LogP contribution in [0, 0.1) is 0 Å². The smallest absolute Gasteiger partial charge is 0.406 e. The normalized spacial score (nSPS) is 16.3. The summed E-state index contributed by atoms with van der Waals surface area (Å²) in [7, 11) is 0. The molecule has 1 aliphatic rings. The average Bonchev–Trinajstić information content (AvgIpc) is 3.22. The molecule has 1 N–H and O–H groups in total. The Bertz CT molecular complexity index is 833. The fraction of sp³-hybridized carbons (Fsp3) is 0.368. The number of rotatable bonds is 5. The first-order chi connectivity index (χ1) is 13.7. The average molecular weight is 427 g/mol. The number of benzene rings is 1. The van der Waals surface area contributed by atoms with Gasteiger partial charge in [0.25, 0.3) is 5.91 Å². The number of carbonyl (C=O) groups excluding carboxylic acids is 2. The predicted octanol–water partition coefficient (Wildman–Crippen LogP) is 3.43. The van der Waals surface area contributed by atoms with Crippen molar-refractivity contribution in [3.8, 4) is 5.75 Å². The first kappa shape index (κ1) is 21.1. The minimum atomic E-state index is -4.76. The molecule has 1 aromatic carbocycles. The molecule has 1 aromatic heterocycles. The van der Waals surface area contributed by atoms with E-state index in [1.807, 2.05) is 16.3 Å². The molecule has 2 aromatic rings.